The molecule has 0 fully saturated rings. The fourth-order valence-electron chi connectivity index (χ4n) is 1.13. The summed E-state index contributed by atoms with van der Waals surface area (Å²) in [6.45, 7) is 3.65. The van der Waals surface area contributed by atoms with Crippen LogP contribution < -0.4 is 5.32 Å². The molecular weight excluding hydrogens is 210 g/mol. The molecule has 2 atom stereocenters. The summed E-state index contributed by atoms with van der Waals surface area (Å²) >= 11 is 0. The van der Waals surface area contributed by atoms with E-state index in [1.807, 2.05) is 6.07 Å². The highest BCUT2D eigenvalue weighted by molar-refractivity contribution is 5.82. The zero-order valence-electron chi connectivity index (χ0n) is 9.73. The van der Waals surface area contributed by atoms with Crippen molar-refractivity contribution >= 4 is 12.0 Å². The highest BCUT2D eigenvalue weighted by Crippen LogP contribution is 1.98. The standard InChI is InChI=1S/C10H17N3O3/c1-4-8(9(14)15)12-10(16)13(3)6-7(2)5-11/h7-8H,4,6H2,1-3H3,(H,12,16)(H,14,15)/t7?,8-/m0/s1. The number of carbonyl (C=O) groups excluding carboxylic acids is 1. The Morgan fingerprint density at radius 1 is 1.56 bits per heavy atom. The van der Waals surface area contributed by atoms with Crippen LogP contribution in [0.25, 0.3) is 0 Å². The van der Waals surface area contributed by atoms with Gasteiger partial charge < -0.3 is 15.3 Å². The average molecular weight is 227 g/mol. The van der Waals surface area contributed by atoms with Crippen molar-refractivity contribution in [2.45, 2.75) is 26.3 Å². The molecule has 0 bridgehead atoms. The molecule has 0 heterocycles. The first-order chi connectivity index (χ1) is 7.42. The first-order valence-electron chi connectivity index (χ1n) is 5.06. The first-order valence-corrected chi connectivity index (χ1v) is 5.06. The van der Waals surface area contributed by atoms with Crippen molar-refractivity contribution in [3.63, 3.8) is 0 Å². The number of hydrogen-bond acceptors (Lipinski definition) is 3. The van der Waals surface area contributed by atoms with Gasteiger partial charge in [-0.1, -0.05) is 6.92 Å². The molecule has 0 aliphatic heterocycles. The van der Waals surface area contributed by atoms with Crippen LogP contribution in [0, 0.1) is 17.2 Å². The number of nitrogens with zero attached hydrogens (tertiary/aromatic N) is 2. The smallest absolute Gasteiger partial charge is 0.326 e. The monoisotopic (exact) mass is 227 g/mol. The fourth-order valence-corrected chi connectivity index (χ4v) is 1.13. The molecule has 0 aromatic heterocycles. The number of nitrogens with one attached hydrogen (secondary N) is 1. The second kappa shape index (κ2) is 6.67. The van der Waals surface area contributed by atoms with Gasteiger partial charge in [0.2, 0.25) is 0 Å². The molecular formula is C10H17N3O3. The lowest BCUT2D eigenvalue weighted by Gasteiger charge is -2.21. The topological polar surface area (TPSA) is 93.4 Å². The largest absolute Gasteiger partial charge is 0.480 e. The van der Waals surface area contributed by atoms with Gasteiger partial charge >= 0.3 is 12.0 Å². The number of hydrogen-bond donors (Lipinski definition) is 2. The van der Waals surface area contributed by atoms with Gasteiger partial charge in [0.1, 0.15) is 6.04 Å². The van der Waals surface area contributed by atoms with Crippen LogP contribution in [0.1, 0.15) is 20.3 Å². The second-order valence-corrected chi connectivity index (χ2v) is 3.66. The second-order valence-electron chi connectivity index (χ2n) is 3.66. The predicted molar refractivity (Wildman–Crippen MR) is 57.7 cm³/mol. The Balaban J connectivity index is 4.24. The molecule has 1 unspecified atom stereocenters. The Hall–Kier alpha value is -1.77. The maximum Gasteiger partial charge on any atom is 0.326 e. The van der Waals surface area contributed by atoms with E-state index in [1.165, 1.54) is 11.9 Å². The maximum atomic E-state index is 11.5. The molecule has 0 radical (unpaired) electrons. The van der Waals surface area contributed by atoms with Gasteiger partial charge in [0.05, 0.1) is 12.0 Å². The van der Waals surface area contributed by atoms with Gasteiger partial charge in [0.15, 0.2) is 0 Å². The van der Waals surface area contributed by atoms with Gasteiger partial charge in [0, 0.05) is 13.6 Å². The summed E-state index contributed by atoms with van der Waals surface area (Å²) in [6, 6.07) is 0.645. The molecule has 0 saturated heterocycles. The van der Waals surface area contributed by atoms with Gasteiger partial charge in [0.25, 0.3) is 0 Å². The van der Waals surface area contributed by atoms with E-state index < -0.39 is 18.0 Å². The molecule has 2 amide bonds. The van der Waals surface area contributed by atoms with Gasteiger partial charge in [-0.15, -0.1) is 0 Å². The molecule has 0 aliphatic rings. The summed E-state index contributed by atoms with van der Waals surface area (Å²) in [6.07, 6.45) is 0.322. The molecule has 0 aliphatic carbocycles. The van der Waals surface area contributed by atoms with Crippen molar-refractivity contribution < 1.29 is 14.7 Å². The normalized spacial score (nSPS) is 13.4. The number of carboxylic acid groups (broad SMARTS) is 1. The summed E-state index contributed by atoms with van der Waals surface area (Å²) in [5, 5.41) is 19.7. The van der Waals surface area contributed by atoms with E-state index in [0.29, 0.717) is 6.42 Å². The Labute approximate surface area is 94.8 Å². The highest BCUT2D eigenvalue weighted by atomic mass is 16.4. The van der Waals surface area contributed by atoms with E-state index in [1.54, 1.807) is 13.8 Å². The summed E-state index contributed by atoms with van der Waals surface area (Å²) in [4.78, 5) is 23.5. The molecule has 90 valence electrons. The zero-order valence-corrected chi connectivity index (χ0v) is 9.73. The van der Waals surface area contributed by atoms with Crippen molar-refractivity contribution in [3.8, 4) is 6.07 Å². The van der Waals surface area contributed by atoms with Crippen molar-refractivity contribution in [2.75, 3.05) is 13.6 Å². The summed E-state index contributed by atoms with van der Waals surface area (Å²) in [5.74, 6) is -1.33. The van der Waals surface area contributed by atoms with Crippen LogP contribution in [0.2, 0.25) is 0 Å². The van der Waals surface area contributed by atoms with Crippen LogP contribution in [0.4, 0.5) is 4.79 Å². The summed E-state index contributed by atoms with van der Waals surface area (Å²) in [5.41, 5.74) is 0. The lowest BCUT2D eigenvalue weighted by atomic mass is 10.2. The predicted octanol–water partition coefficient (Wildman–Crippen LogP) is 0.651. The number of amides is 2. The van der Waals surface area contributed by atoms with Gasteiger partial charge in [-0.3, -0.25) is 0 Å². The molecule has 0 rings (SSSR count). The quantitative estimate of drug-likeness (QED) is 0.721. The number of carboxylic acids is 1. The van der Waals surface area contributed by atoms with E-state index in [4.69, 9.17) is 10.4 Å². The van der Waals surface area contributed by atoms with E-state index in [0.717, 1.165) is 0 Å². The Bertz CT molecular complexity index is 298. The Morgan fingerprint density at radius 2 is 2.12 bits per heavy atom. The molecule has 0 aromatic rings. The van der Waals surface area contributed by atoms with Crippen LogP contribution in [-0.4, -0.2) is 41.6 Å². The van der Waals surface area contributed by atoms with Gasteiger partial charge in [-0.05, 0) is 13.3 Å². The minimum atomic E-state index is -1.06. The van der Waals surface area contributed by atoms with Crippen LogP contribution >= 0.6 is 0 Å². The van der Waals surface area contributed by atoms with E-state index >= 15 is 0 Å². The molecule has 16 heavy (non-hydrogen) atoms. The van der Waals surface area contributed by atoms with E-state index in [2.05, 4.69) is 5.32 Å². The van der Waals surface area contributed by atoms with Crippen LogP contribution in [0.15, 0.2) is 0 Å². The average Bonchev–Trinajstić information content (AvgIpc) is 2.24. The lowest BCUT2D eigenvalue weighted by molar-refractivity contribution is -0.139. The minimum absolute atomic E-state index is 0.276. The first kappa shape index (κ1) is 14.2. The molecule has 6 nitrogen and oxygen atoms in total. The molecule has 6 heteroatoms. The van der Waals surface area contributed by atoms with Crippen LogP contribution in [-0.2, 0) is 4.79 Å². The Kier molecular flexibility index (Phi) is 5.93. The van der Waals surface area contributed by atoms with Gasteiger partial charge in [-0.2, -0.15) is 5.26 Å². The number of aliphatic carboxylic acids is 1. The molecule has 0 saturated carbocycles. The highest BCUT2D eigenvalue weighted by Gasteiger charge is 2.20. The number of rotatable bonds is 5. The minimum Gasteiger partial charge on any atom is -0.480 e. The fraction of sp³-hybridized carbons (Fsp3) is 0.700. The summed E-state index contributed by atoms with van der Waals surface area (Å²) in [7, 11) is 1.53. The zero-order chi connectivity index (χ0) is 12.7. The van der Waals surface area contributed by atoms with Crippen LogP contribution in [0.3, 0.4) is 0 Å². The van der Waals surface area contributed by atoms with Crippen molar-refractivity contribution in [1.82, 2.24) is 10.2 Å². The third-order valence-electron chi connectivity index (χ3n) is 2.12. The van der Waals surface area contributed by atoms with Crippen molar-refractivity contribution in [3.05, 3.63) is 0 Å². The Morgan fingerprint density at radius 3 is 2.50 bits per heavy atom. The third kappa shape index (κ3) is 4.64. The van der Waals surface area contributed by atoms with Gasteiger partial charge in [-0.25, -0.2) is 9.59 Å². The molecule has 0 spiro atoms. The third-order valence-corrected chi connectivity index (χ3v) is 2.12. The number of nitriles is 1. The van der Waals surface area contributed by atoms with E-state index in [9.17, 15) is 9.59 Å². The lowest BCUT2D eigenvalue weighted by Crippen LogP contribution is -2.47. The molecule has 0 aromatic carbocycles. The number of carbonyl (C=O) groups is 2. The van der Waals surface area contributed by atoms with E-state index in [-0.39, 0.29) is 12.5 Å². The van der Waals surface area contributed by atoms with Crippen molar-refractivity contribution in [2.24, 2.45) is 5.92 Å². The SMILES string of the molecule is CC[C@H](NC(=O)N(C)CC(C)C#N)C(=O)O. The van der Waals surface area contributed by atoms with Crippen molar-refractivity contribution in [1.29, 1.82) is 5.26 Å². The maximum absolute atomic E-state index is 11.5. The summed E-state index contributed by atoms with van der Waals surface area (Å²) < 4.78 is 0. The molecule has 2 N–H and O–H groups in total. The number of urea groups is 1. The van der Waals surface area contributed by atoms with Crippen LogP contribution in [0.5, 0.6) is 0 Å².